The molecule has 1 amide bonds. The fourth-order valence-corrected chi connectivity index (χ4v) is 5.06. The van der Waals surface area contributed by atoms with E-state index >= 15 is 0 Å². The lowest BCUT2D eigenvalue weighted by atomic mass is 10.0. The summed E-state index contributed by atoms with van der Waals surface area (Å²) >= 11 is 2.87. The first-order valence-electron chi connectivity index (χ1n) is 9.96. The molecule has 1 fully saturated rings. The normalized spacial score (nSPS) is 16.8. The number of aromatic nitrogens is 1. The Hall–Kier alpha value is -2.96. The zero-order valence-corrected chi connectivity index (χ0v) is 19.4. The van der Waals surface area contributed by atoms with E-state index in [1.54, 1.807) is 11.0 Å². The van der Waals surface area contributed by atoms with E-state index in [0.29, 0.717) is 21.7 Å². The number of benzene rings is 2. The number of amides is 1. The molecular weight excluding hydrogens is 422 g/mol. The van der Waals surface area contributed by atoms with Crippen molar-refractivity contribution >= 4 is 44.9 Å². The standard InChI is InChI=1S/C25H23N3OS2/c1-5-13-28-23(29)22(18(4)20-12-11-16(2)17(3)14-20)31-25(28)27-24-26-21(15-30-24)19-9-7-6-8-10-19/h5-12,14-15H,1,13H2,2-4H3/b22-18-,27-25+. The van der Waals surface area contributed by atoms with E-state index < -0.39 is 0 Å². The highest BCUT2D eigenvalue weighted by molar-refractivity contribution is 8.18. The summed E-state index contributed by atoms with van der Waals surface area (Å²) in [6.07, 6.45) is 1.72. The molecule has 0 N–H and O–H groups in total. The summed E-state index contributed by atoms with van der Waals surface area (Å²) in [5.41, 5.74) is 6.40. The van der Waals surface area contributed by atoms with Gasteiger partial charge in [-0.05, 0) is 54.8 Å². The van der Waals surface area contributed by atoms with Crippen molar-refractivity contribution in [2.45, 2.75) is 20.8 Å². The molecule has 31 heavy (non-hydrogen) atoms. The first kappa shape index (κ1) is 21.3. The number of allylic oxidation sites excluding steroid dienone is 1. The molecule has 1 aromatic heterocycles. The van der Waals surface area contributed by atoms with Crippen molar-refractivity contribution in [3.05, 3.63) is 88.2 Å². The van der Waals surface area contributed by atoms with Gasteiger partial charge in [0.05, 0.1) is 10.6 Å². The number of aliphatic imine (C=N–C) groups is 1. The molecule has 2 heterocycles. The van der Waals surface area contributed by atoms with E-state index in [1.165, 1.54) is 34.2 Å². The van der Waals surface area contributed by atoms with Crippen LogP contribution in [0.2, 0.25) is 0 Å². The van der Waals surface area contributed by atoms with Crippen molar-refractivity contribution in [2.75, 3.05) is 6.54 Å². The monoisotopic (exact) mass is 445 g/mol. The van der Waals surface area contributed by atoms with Crippen LogP contribution in [-0.4, -0.2) is 27.5 Å². The molecule has 3 aromatic rings. The molecule has 0 radical (unpaired) electrons. The van der Waals surface area contributed by atoms with Gasteiger partial charge in [0.25, 0.3) is 5.91 Å². The Kier molecular flexibility index (Phi) is 6.20. The summed E-state index contributed by atoms with van der Waals surface area (Å²) in [5.74, 6) is -0.0424. The number of amidine groups is 1. The third-order valence-corrected chi connectivity index (χ3v) is 7.12. The van der Waals surface area contributed by atoms with Crippen LogP contribution in [0.5, 0.6) is 0 Å². The average Bonchev–Trinajstić information content (AvgIpc) is 3.36. The highest BCUT2D eigenvalue weighted by Gasteiger charge is 2.34. The summed E-state index contributed by atoms with van der Waals surface area (Å²) in [4.78, 5) is 24.9. The smallest absolute Gasteiger partial charge is 0.267 e. The summed E-state index contributed by atoms with van der Waals surface area (Å²) in [6, 6.07) is 16.3. The number of nitrogens with zero attached hydrogens (tertiary/aromatic N) is 3. The average molecular weight is 446 g/mol. The maximum atomic E-state index is 13.2. The van der Waals surface area contributed by atoms with Gasteiger partial charge in [0, 0.05) is 17.5 Å². The molecule has 4 rings (SSSR count). The second-order valence-electron chi connectivity index (χ2n) is 7.34. The van der Waals surface area contributed by atoms with Crippen LogP contribution in [-0.2, 0) is 4.79 Å². The maximum Gasteiger partial charge on any atom is 0.267 e. The zero-order valence-electron chi connectivity index (χ0n) is 17.8. The van der Waals surface area contributed by atoms with Crippen LogP contribution in [0.1, 0.15) is 23.6 Å². The van der Waals surface area contributed by atoms with Gasteiger partial charge >= 0.3 is 0 Å². The molecule has 2 aromatic carbocycles. The SMILES string of the molecule is C=CCN1C(=O)/C(=C(\C)c2ccc(C)c(C)c2)S/C1=N/c1nc(-c2ccccc2)cs1. The third kappa shape index (κ3) is 4.40. The van der Waals surface area contributed by atoms with Gasteiger partial charge in [-0.25, -0.2) is 4.98 Å². The molecule has 0 unspecified atom stereocenters. The van der Waals surface area contributed by atoms with Crippen LogP contribution < -0.4 is 0 Å². The minimum Gasteiger partial charge on any atom is -0.282 e. The topological polar surface area (TPSA) is 45.6 Å². The Labute approximate surface area is 191 Å². The van der Waals surface area contributed by atoms with Gasteiger partial charge in [-0.1, -0.05) is 54.6 Å². The molecule has 4 nitrogen and oxygen atoms in total. The Morgan fingerprint density at radius 3 is 2.65 bits per heavy atom. The van der Waals surface area contributed by atoms with Crippen LogP contribution >= 0.6 is 23.1 Å². The molecule has 1 saturated heterocycles. The van der Waals surface area contributed by atoms with Gasteiger partial charge in [-0.2, -0.15) is 4.99 Å². The van der Waals surface area contributed by atoms with E-state index in [0.717, 1.165) is 22.4 Å². The maximum absolute atomic E-state index is 13.2. The number of aryl methyl sites for hydroxylation is 2. The number of rotatable bonds is 5. The predicted molar refractivity (Wildman–Crippen MR) is 133 cm³/mol. The summed E-state index contributed by atoms with van der Waals surface area (Å²) in [5, 5.41) is 3.26. The fraction of sp³-hybridized carbons (Fsp3) is 0.160. The van der Waals surface area contributed by atoms with Gasteiger partial charge in [0.15, 0.2) is 5.17 Å². The van der Waals surface area contributed by atoms with Crippen molar-refractivity contribution in [1.29, 1.82) is 0 Å². The molecule has 0 bridgehead atoms. The summed E-state index contributed by atoms with van der Waals surface area (Å²) in [7, 11) is 0. The summed E-state index contributed by atoms with van der Waals surface area (Å²) < 4.78 is 0. The van der Waals surface area contributed by atoms with Crippen molar-refractivity contribution in [3.8, 4) is 11.3 Å². The van der Waals surface area contributed by atoms with Gasteiger partial charge < -0.3 is 0 Å². The lowest BCUT2D eigenvalue weighted by Crippen LogP contribution is -2.29. The van der Waals surface area contributed by atoms with Crippen molar-refractivity contribution < 1.29 is 4.79 Å². The van der Waals surface area contributed by atoms with Crippen molar-refractivity contribution in [2.24, 2.45) is 4.99 Å². The largest absolute Gasteiger partial charge is 0.282 e. The minimum atomic E-state index is -0.0424. The molecule has 156 valence electrons. The molecule has 1 aliphatic heterocycles. The van der Waals surface area contributed by atoms with Crippen molar-refractivity contribution in [3.63, 3.8) is 0 Å². The Balaban J connectivity index is 1.69. The number of carbonyl (C=O) groups excluding carboxylic acids is 1. The van der Waals surface area contributed by atoms with E-state index in [1.807, 2.05) is 42.6 Å². The zero-order chi connectivity index (χ0) is 22.0. The first-order valence-corrected chi connectivity index (χ1v) is 11.7. The highest BCUT2D eigenvalue weighted by Crippen LogP contribution is 2.38. The quantitative estimate of drug-likeness (QED) is 0.328. The number of hydrogen-bond donors (Lipinski definition) is 0. The third-order valence-electron chi connectivity index (χ3n) is 5.21. The molecule has 1 aliphatic rings. The van der Waals surface area contributed by atoms with Gasteiger partial charge in [-0.15, -0.1) is 17.9 Å². The van der Waals surface area contributed by atoms with E-state index in [-0.39, 0.29) is 5.91 Å². The molecular formula is C25H23N3OS2. The van der Waals surface area contributed by atoms with E-state index in [2.05, 4.69) is 43.6 Å². The Morgan fingerprint density at radius 1 is 1.16 bits per heavy atom. The number of thioether (sulfide) groups is 1. The van der Waals surface area contributed by atoms with Crippen LogP contribution in [0, 0.1) is 13.8 Å². The van der Waals surface area contributed by atoms with Crippen LogP contribution in [0.15, 0.2) is 76.5 Å². The number of hydrogen-bond acceptors (Lipinski definition) is 5. The highest BCUT2D eigenvalue weighted by atomic mass is 32.2. The van der Waals surface area contributed by atoms with E-state index in [4.69, 9.17) is 4.99 Å². The second kappa shape index (κ2) is 9.04. The van der Waals surface area contributed by atoms with Crippen LogP contribution in [0.25, 0.3) is 16.8 Å². The second-order valence-corrected chi connectivity index (χ2v) is 9.15. The van der Waals surface area contributed by atoms with Crippen LogP contribution in [0.3, 0.4) is 0 Å². The van der Waals surface area contributed by atoms with E-state index in [9.17, 15) is 4.79 Å². The van der Waals surface area contributed by atoms with Crippen LogP contribution in [0.4, 0.5) is 5.13 Å². The molecule has 0 saturated carbocycles. The Morgan fingerprint density at radius 2 is 1.94 bits per heavy atom. The predicted octanol–water partition coefficient (Wildman–Crippen LogP) is 6.61. The molecule has 0 aliphatic carbocycles. The number of thiazole rings is 1. The molecule has 0 spiro atoms. The lowest BCUT2D eigenvalue weighted by Gasteiger charge is -2.12. The number of carbonyl (C=O) groups is 1. The van der Waals surface area contributed by atoms with Gasteiger partial charge in [0.1, 0.15) is 0 Å². The molecule has 6 heteroatoms. The fourth-order valence-electron chi connectivity index (χ4n) is 3.25. The Bertz CT molecular complexity index is 1210. The lowest BCUT2D eigenvalue weighted by molar-refractivity contribution is -0.121. The van der Waals surface area contributed by atoms with Crippen molar-refractivity contribution in [1.82, 2.24) is 9.88 Å². The van der Waals surface area contributed by atoms with Gasteiger partial charge in [0.2, 0.25) is 5.13 Å². The molecule has 0 atom stereocenters. The minimum absolute atomic E-state index is 0.0424. The van der Waals surface area contributed by atoms with Gasteiger partial charge in [-0.3, -0.25) is 9.69 Å². The first-order chi connectivity index (χ1) is 15.0. The summed E-state index contributed by atoms with van der Waals surface area (Å²) in [6.45, 7) is 10.4.